The predicted octanol–water partition coefficient (Wildman–Crippen LogP) is 1.80. The first-order valence-corrected chi connectivity index (χ1v) is 7.23. The maximum absolute atomic E-state index is 12.1. The van der Waals surface area contributed by atoms with Crippen LogP contribution in [0.5, 0.6) is 5.75 Å². The van der Waals surface area contributed by atoms with Crippen LogP contribution in [0.2, 0.25) is 0 Å². The molecule has 1 atom stereocenters. The number of hydrogen-bond acceptors (Lipinski definition) is 3. The Hall–Kier alpha value is -2.04. The van der Waals surface area contributed by atoms with Crippen molar-refractivity contribution in [3.05, 3.63) is 29.3 Å². The highest BCUT2D eigenvalue weighted by Crippen LogP contribution is 2.26. The maximum Gasteiger partial charge on any atom is 0.240 e. The number of methoxy groups -OCH3 is 1. The van der Waals surface area contributed by atoms with Gasteiger partial charge in [-0.2, -0.15) is 0 Å². The smallest absolute Gasteiger partial charge is 0.240 e. The molecule has 0 aromatic heterocycles. The second-order valence-corrected chi connectivity index (χ2v) is 5.45. The molecule has 0 saturated carbocycles. The largest absolute Gasteiger partial charge is 0.496 e. The van der Waals surface area contributed by atoms with Gasteiger partial charge < -0.3 is 15.0 Å². The quantitative estimate of drug-likeness (QED) is 0.899. The number of aryl methyl sites for hydroxylation is 1. The summed E-state index contributed by atoms with van der Waals surface area (Å²) in [4.78, 5) is 25.2. The minimum absolute atomic E-state index is 0.0611. The van der Waals surface area contributed by atoms with Crippen molar-refractivity contribution in [2.24, 2.45) is 0 Å². The van der Waals surface area contributed by atoms with Gasteiger partial charge in [-0.25, -0.2) is 0 Å². The summed E-state index contributed by atoms with van der Waals surface area (Å²) in [5.41, 5.74) is 2.06. The molecule has 5 nitrogen and oxygen atoms in total. The molecule has 1 fully saturated rings. The fraction of sp³-hybridized carbons (Fsp3) is 0.500. The fourth-order valence-corrected chi connectivity index (χ4v) is 2.60. The highest BCUT2D eigenvalue weighted by molar-refractivity contribution is 5.86. The van der Waals surface area contributed by atoms with Crippen LogP contribution < -0.4 is 10.1 Å². The summed E-state index contributed by atoms with van der Waals surface area (Å²) >= 11 is 0. The van der Waals surface area contributed by atoms with Crippen molar-refractivity contribution in [1.82, 2.24) is 10.2 Å². The third kappa shape index (κ3) is 3.74. The molecule has 1 aliphatic heterocycles. The van der Waals surface area contributed by atoms with Crippen LogP contribution in [0.3, 0.4) is 0 Å². The molecular weight excluding hydrogens is 268 g/mol. The summed E-state index contributed by atoms with van der Waals surface area (Å²) in [6.45, 7) is 4.73. The Morgan fingerprint density at radius 3 is 2.86 bits per heavy atom. The lowest BCUT2D eigenvalue weighted by molar-refractivity contribution is -0.133. The zero-order chi connectivity index (χ0) is 15.4. The molecule has 2 amide bonds. The molecule has 1 N–H and O–H groups in total. The van der Waals surface area contributed by atoms with E-state index in [0.717, 1.165) is 23.3 Å². The van der Waals surface area contributed by atoms with Crippen molar-refractivity contribution in [2.75, 3.05) is 20.2 Å². The molecule has 1 aliphatic rings. The van der Waals surface area contributed by atoms with Gasteiger partial charge in [0.25, 0.3) is 0 Å². The van der Waals surface area contributed by atoms with E-state index in [4.69, 9.17) is 4.74 Å². The maximum atomic E-state index is 12.1. The van der Waals surface area contributed by atoms with E-state index in [9.17, 15) is 9.59 Å². The Labute approximate surface area is 125 Å². The number of benzene rings is 1. The van der Waals surface area contributed by atoms with E-state index in [0.29, 0.717) is 13.0 Å². The van der Waals surface area contributed by atoms with Gasteiger partial charge in [0.05, 0.1) is 19.7 Å². The summed E-state index contributed by atoms with van der Waals surface area (Å²) in [5.74, 6) is 0.679. The SMILES string of the molecule is COc1ccc(C)cc1[C@H](C)NC(=O)CN1CCCC1=O. The van der Waals surface area contributed by atoms with E-state index in [1.807, 2.05) is 32.0 Å². The van der Waals surface area contributed by atoms with Crippen molar-refractivity contribution >= 4 is 11.8 Å². The Balaban J connectivity index is 2.00. The number of nitrogens with one attached hydrogen (secondary N) is 1. The van der Waals surface area contributed by atoms with E-state index in [-0.39, 0.29) is 24.4 Å². The highest BCUT2D eigenvalue weighted by atomic mass is 16.5. The molecule has 0 spiro atoms. The molecule has 1 heterocycles. The van der Waals surface area contributed by atoms with Gasteiger partial charge in [-0.15, -0.1) is 0 Å². The number of amides is 2. The zero-order valence-corrected chi connectivity index (χ0v) is 12.8. The summed E-state index contributed by atoms with van der Waals surface area (Å²) in [5, 5.41) is 2.93. The van der Waals surface area contributed by atoms with E-state index >= 15 is 0 Å². The van der Waals surface area contributed by atoms with Gasteiger partial charge in [0.1, 0.15) is 5.75 Å². The van der Waals surface area contributed by atoms with Crippen molar-refractivity contribution < 1.29 is 14.3 Å². The van der Waals surface area contributed by atoms with Crippen LogP contribution >= 0.6 is 0 Å². The van der Waals surface area contributed by atoms with E-state index in [1.54, 1.807) is 12.0 Å². The van der Waals surface area contributed by atoms with Crippen LogP contribution in [-0.4, -0.2) is 36.9 Å². The number of carbonyl (C=O) groups is 2. The molecular formula is C16H22N2O3. The molecule has 1 aromatic carbocycles. The summed E-state index contributed by atoms with van der Waals surface area (Å²) in [6.07, 6.45) is 1.39. The van der Waals surface area contributed by atoms with Gasteiger partial charge in [-0.05, 0) is 26.3 Å². The van der Waals surface area contributed by atoms with Crippen LogP contribution in [0, 0.1) is 6.92 Å². The van der Waals surface area contributed by atoms with E-state index < -0.39 is 0 Å². The first-order valence-electron chi connectivity index (χ1n) is 7.23. The molecule has 0 aliphatic carbocycles. The number of rotatable bonds is 5. The number of carbonyl (C=O) groups excluding carboxylic acids is 2. The van der Waals surface area contributed by atoms with Crippen LogP contribution in [-0.2, 0) is 9.59 Å². The van der Waals surface area contributed by atoms with Crippen molar-refractivity contribution in [1.29, 1.82) is 0 Å². The minimum atomic E-state index is -0.162. The molecule has 1 aromatic rings. The van der Waals surface area contributed by atoms with Crippen LogP contribution in [0.15, 0.2) is 18.2 Å². The molecule has 2 rings (SSSR count). The molecule has 0 radical (unpaired) electrons. The third-order valence-corrected chi connectivity index (χ3v) is 3.74. The van der Waals surface area contributed by atoms with Gasteiger partial charge in [0.2, 0.25) is 11.8 Å². The highest BCUT2D eigenvalue weighted by Gasteiger charge is 2.23. The third-order valence-electron chi connectivity index (χ3n) is 3.74. The second kappa shape index (κ2) is 6.61. The second-order valence-electron chi connectivity index (χ2n) is 5.45. The van der Waals surface area contributed by atoms with Crippen LogP contribution in [0.1, 0.15) is 36.9 Å². The summed E-state index contributed by atoms with van der Waals surface area (Å²) in [6, 6.07) is 5.71. The molecule has 114 valence electrons. The van der Waals surface area contributed by atoms with E-state index in [1.165, 1.54) is 0 Å². The molecule has 0 unspecified atom stereocenters. The van der Waals surface area contributed by atoms with Crippen LogP contribution in [0.25, 0.3) is 0 Å². The lowest BCUT2D eigenvalue weighted by Crippen LogP contribution is -2.38. The molecule has 1 saturated heterocycles. The lowest BCUT2D eigenvalue weighted by Gasteiger charge is -2.20. The monoisotopic (exact) mass is 290 g/mol. The first kappa shape index (κ1) is 15.4. The van der Waals surface area contributed by atoms with Crippen molar-refractivity contribution in [3.8, 4) is 5.75 Å². The summed E-state index contributed by atoms with van der Waals surface area (Å²) < 4.78 is 5.34. The van der Waals surface area contributed by atoms with Crippen molar-refractivity contribution in [3.63, 3.8) is 0 Å². The average Bonchev–Trinajstić information content (AvgIpc) is 2.84. The molecule has 0 bridgehead atoms. The van der Waals surface area contributed by atoms with Crippen LogP contribution in [0.4, 0.5) is 0 Å². The molecule has 5 heteroatoms. The standard InChI is InChI=1S/C16H22N2O3/c1-11-6-7-14(21-3)13(9-11)12(2)17-15(19)10-18-8-4-5-16(18)20/h6-7,9,12H,4-5,8,10H2,1-3H3,(H,17,19)/t12-/m0/s1. The van der Waals surface area contributed by atoms with Gasteiger partial charge in [0, 0.05) is 18.5 Å². The van der Waals surface area contributed by atoms with Gasteiger partial charge >= 0.3 is 0 Å². The number of hydrogen-bond donors (Lipinski definition) is 1. The van der Waals surface area contributed by atoms with Crippen molar-refractivity contribution in [2.45, 2.75) is 32.7 Å². The zero-order valence-electron chi connectivity index (χ0n) is 12.8. The Morgan fingerprint density at radius 2 is 2.24 bits per heavy atom. The Bertz CT molecular complexity index is 542. The number of likely N-dealkylation sites (tertiary alicyclic amines) is 1. The lowest BCUT2D eigenvalue weighted by atomic mass is 10.0. The van der Waals surface area contributed by atoms with Gasteiger partial charge in [-0.3, -0.25) is 9.59 Å². The fourth-order valence-electron chi connectivity index (χ4n) is 2.60. The van der Waals surface area contributed by atoms with Gasteiger partial charge in [-0.1, -0.05) is 17.7 Å². The first-order chi connectivity index (χ1) is 10.0. The average molecular weight is 290 g/mol. The molecule has 21 heavy (non-hydrogen) atoms. The number of nitrogens with zero attached hydrogens (tertiary/aromatic N) is 1. The topological polar surface area (TPSA) is 58.6 Å². The Morgan fingerprint density at radius 1 is 1.48 bits per heavy atom. The van der Waals surface area contributed by atoms with E-state index in [2.05, 4.69) is 5.32 Å². The Kier molecular flexibility index (Phi) is 4.83. The summed E-state index contributed by atoms with van der Waals surface area (Å²) in [7, 11) is 1.62. The number of ether oxygens (including phenoxy) is 1. The normalized spacial score (nSPS) is 16.0. The minimum Gasteiger partial charge on any atom is -0.496 e. The predicted molar refractivity (Wildman–Crippen MR) is 80.1 cm³/mol. The van der Waals surface area contributed by atoms with Gasteiger partial charge in [0.15, 0.2) is 0 Å².